The number of hydrogen-bond donors (Lipinski definition) is 0. The van der Waals surface area contributed by atoms with E-state index in [1.54, 1.807) is 7.11 Å². The van der Waals surface area contributed by atoms with E-state index in [-0.39, 0.29) is 5.41 Å². The standard InChI is InChI=1S/C15H32O5Si/c1-7-11-15(16-6,14(5)12-17-13-14)21(18-8-2,19-9-3)20-10-4/h7-13H2,1-6H3. The summed E-state index contributed by atoms with van der Waals surface area (Å²) in [6, 6.07) is 0. The molecule has 0 amide bonds. The second kappa shape index (κ2) is 8.03. The lowest BCUT2D eigenvalue weighted by Gasteiger charge is -2.57. The van der Waals surface area contributed by atoms with Crippen LogP contribution in [0.25, 0.3) is 0 Å². The second-order valence-corrected chi connectivity index (χ2v) is 8.48. The van der Waals surface area contributed by atoms with Gasteiger partial charge in [0.1, 0.15) is 5.22 Å². The number of methoxy groups -OCH3 is 1. The van der Waals surface area contributed by atoms with Gasteiger partial charge in [-0.25, -0.2) is 0 Å². The van der Waals surface area contributed by atoms with Gasteiger partial charge >= 0.3 is 8.80 Å². The molecular weight excluding hydrogens is 288 g/mol. The molecule has 0 spiro atoms. The van der Waals surface area contributed by atoms with Gasteiger partial charge in [-0.05, 0) is 27.2 Å². The van der Waals surface area contributed by atoms with Crippen molar-refractivity contribution in [2.75, 3.05) is 40.1 Å². The van der Waals surface area contributed by atoms with Gasteiger partial charge in [-0.15, -0.1) is 0 Å². The molecule has 1 fully saturated rings. The minimum atomic E-state index is -3.00. The molecule has 0 bridgehead atoms. The van der Waals surface area contributed by atoms with E-state index in [4.69, 9.17) is 22.8 Å². The van der Waals surface area contributed by atoms with E-state index in [9.17, 15) is 0 Å². The van der Waals surface area contributed by atoms with Crippen molar-refractivity contribution in [2.45, 2.75) is 52.7 Å². The minimum Gasteiger partial charge on any atom is -0.380 e. The van der Waals surface area contributed by atoms with E-state index >= 15 is 0 Å². The van der Waals surface area contributed by atoms with E-state index in [0.29, 0.717) is 33.0 Å². The number of hydrogen-bond acceptors (Lipinski definition) is 5. The molecule has 5 nitrogen and oxygen atoms in total. The number of ether oxygens (including phenoxy) is 2. The molecular formula is C15H32O5Si. The molecule has 0 aromatic rings. The second-order valence-electron chi connectivity index (χ2n) is 5.69. The Bertz CT molecular complexity index is 291. The highest BCUT2D eigenvalue weighted by molar-refractivity contribution is 6.64. The lowest BCUT2D eigenvalue weighted by atomic mass is 9.79. The molecule has 1 rings (SSSR count). The maximum Gasteiger partial charge on any atom is 0.535 e. The predicted octanol–water partition coefficient (Wildman–Crippen LogP) is 2.80. The topological polar surface area (TPSA) is 46.2 Å². The smallest absolute Gasteiger partial charge is 0.380 e. The van der Waals surface area contributed by atoms with Crippen LogP contribution >= 0.6 is 0 Å². The summed E-state index contributed by atoms with van der Waals surface area (Å²) < 4.78 is 30.1. The maximum atomic E-state index is 6.16. The monoisotopic (exact) mass is 320 g/mol. The van der Waals surface area contributed by atoms with Gasteiger partial charge in [-0.3, -0.25) is 0 Å². The third-order valence-corrected chi connectivity index (χ3v) is 8.32. The van der Waals surface area contributed by atoms with Crippen LogP contribution in [0.5, 0.6) is 0 Å². The van der Waals surface area contributed by atoms with Crippen molar-refractivity contribution < 1.29 is 22.8 Å². The van der Waals surface area contributed by atoms with Gasteiger partial charge in [0.2, 0.25) is 0 Å². The summed E-state index contributed by atoms with van der Waals surface area (Å²) in [6.07, 6.45) is 1.82. The average Bonchev–Trinajstić information content (AvgIpc) is 2.43. The molecule has 1 atom stereocenters. The van der Waals surface area contributed by atoms with Gasteiger partial charge < -0.3 is 22.8 Å². The maximum absolute atomic E-state index is 6.16. The minimum absolute atomic E-state index is 0.135. The van der Waals surface area contributed by atoms with Gasteiger partial charge in [0.05, 0.1) is 13.2 Å². The Morgan fingerprint density at radius 1 is 1.00 bits per heavy atom. The molecule has 1 aliphatic heterocycles. The first-order valence-electron chi connectivity index (χ1n) is 8.06. The van der Waals surface area contributed by atoms with Crippen LogP contribution < -0.4 is 0 Å². The Balaban J connectivity index is 3.32. The summed E-state index contributed by atoms with van der Waals surface area (Å²) in [7, 11) is -1.26. The van der Waals surface area contributed by atoms with Crippen molar-refractivity contribution in [3.8, 4) is 0 Å². The summed E-state index contributed by atoms with van der Waals surface area (Å²) in [5, 5.41) is -0.560. The van der Waals surface area contributed by atoms with Crippen LogP contribution in [0, 0.1) is 5.41 Å². The van der Waals surface area contributed by atoms with Crippen molar-refractivity contribution >= 4 is 8.80 Å². The Morgan fingerprint density at radius 2 is 1.48 bits per heavy atom. The first-order valence-corrected chi connectivity index (χ1v) is 9.78. The van der Waals surface area contributed by atoms with Crippen LogP contribution in [0.2, 0.25) is 0 Å². The molecule has 0 N–H and O–H groups in total. The van der Waals surface area contributed by atoms with E-state index < -0.39 is 14.0 Å². The van der Waals surface area contributed by atoms with Crippen LogP contribution in [0.15, 0.2) is 0 Å². The molecule has 126 valence electrons. The van der Waals surface area contributed by atoms with Crippen LogP contribution in [-0.4, -0.2) is 54.2 Å². The Kier molecular flexibility index (Phi) is 7.29. The van der Waals surface area contributed by atoms with E-state index in [1.807, 2.05) is 20.8 Å². The van der Waals surface area contributed by atoms with Gasteiger partial charge in [0.25, 0.3) is 0 Å². The Morgan fingerprint density at radius 3 is 1.71 bits per heavy atom. The van der Waals surface area contributed by atoms with Crippen molar-refractivity contribution in [1.82, 2.24) is 0 Å². The molecule has 6 heteroatoms. The zero-order chi connectivity index (χ0) is 16.0. The first kappa shape index (κ1) is 19.1. The summed E-state index contributed by atoms with van der Waals surface area (Å²) >= 11 is 0. The lowest BCUT2D eigenvalue weighted by molar-refractivity contribution is -0.219. The van der Waals surface area contributed by atoms with Gasteiger partial charge in [-0.1, -0.05) is 20.3 Å². The highest BCUT2D eigenvalue weighted by Gasteiger charge is 2.71. The average molecular weight is 321 g/mol. The van der Waals surface area contributed by atoms with Crippen LogP contribution in [0.1, 0.15) is 47.5 Å². The van der Waals surface area contributed by atoms with Gasteiger partial charge in [-0.2, -0.15) is 0 Å². The summed E-state index contributed by atoms with van der Waals surface area (Å²) in [5.74, 6) is 0. The molecule has 0 radical (unpaired) electrons. The molecule has 1 unspecified atom stereocenters. The van der Waals surface area contributed by atoms with Gasteiger partial charge in [0, 0.05) is 32.3 Å². The Labute approximate surface area is 130 Å². The van der Waals surface area contributed by atoms with Crippen molar-refractivity contribution in [1.29, 1.82) is 0 Å². The van der Waals surface area contributed by atoms with Crippen molar-refractivity contribution in [3.63, 3.8) is 0 Å². The highest BCUT2D eigenvalue weighted by atomic mass is 28.4. The van der Waals surface area contributed by atoms with E-state index in [1.165, 1.54) is 0 Å². The molecule has 1 saturated heterocycles. The van der Waals surface area contributed by atoms with Crippen molar-refractivity contribution in [2.24, 2.45) is 5.41 Å². The molecule has 0 aromatic carbocycles. The molecule has 0 aromatic heterocycles. The summed E-state index contributed by atoms with van der Waals surface area (Å²) in [6.45, 7) is 13.2. The van der Waals surface area contributed by atoms with Crippen LogP contribution in [0.4, 0.5) is 0 Å². The van der Waals surface area contributed by atoms with Crippen LogP contribution in [0.3, 0.4) is 0 Å². The van der Waals surface area contributed by atoms with Gasteiger partial charge in [0.15, 0.2) is 0 Å². The normalized spacial score (nSPS) is 20.9. The summed E-state index contributed by atoms with van der Waals surface area (Å²) in [5.41, 5.74) is -0.135. The van der Waals surface area contributed by atoms with Crippen molar-refractivity contribution in [3.05, 3.63) is 0 Å². The number of rotatable bonds is 11. The van der Waals surface area contributed by atoms with E-state index in [2.05, 4.69) is 13.8 Å². The molecule has 1 heterocycles. The fourth-order valence-corrected chi connectivity index (χ4v) is 7.12. The zero-order valence-electron chi connectivity index (χ0n) is 14.5. The molecule has 0 saturated carbocycles. The largest absolute Gasteiger partial charge is 0.535 e. The fourth-order valence-electron chi connectivity index (χ4n) is 3.34. The predicted molar refractivity (Wildman–Crippen MR) is 84.2 cm³/mol. The van der Waals surface area contributed by atoms with E-state index in [0.717, 1.165) is 12.8 Å². The Hall–Kier alpha value is 0.0169. The molecule has 21 heavy (non-hydrogen) atoms. The summed E-state index contributed by atoms with van der Waals surface area (Å²) in [4.78, 5) is 0. The zero-order valence-corrected chi connectivity index (χ0v) is 15.5. The SMILES string of the molecule is CCCC(OC)(C1(C)COC1)[Si](OCC)(OCC)OCC. The highest BCUT2D eigenvalue weighted by Crippen LogP contribution is 2.50. The lowest BCUT2D eigenvalue weighted by Crippen LogP contribution is -2.76. The first-order chi connectivity index (χ1) is 10.0. The third-order valence-electron chi connectivity index (χ3n) is 4.26. The quantitative estimate of drug-likeness (QED) is 0.548. The molecule has 1 aliphatic rings. The third kappa shape index (κ3) is 3.21. The fraction of sp³-hybridized carbons (Fsp3) is 1.00. The van der Waals surface area contributed by atoms with Crippen LogP contribution in [-0.2, 0) is 22.8 Å². The molecule has 0 aliphatic carbocycles.